The molecule has 1 atom stereocenters. The van der Waals surface area contributed by atoms with Crippen LogP contribution in [0.1, 0.15) is 32.0 Å². The first kappa shape index (κ1) is 10.8. The van der Waals surface area contributed by atoms with E-state index in [2.05, 4.69) is 21.6 Å². The standard InChI is InChI=1S/C10H17N3OS/c1-2-11-10-12-9(13-15-10)7-8-5-3-4-6-14-8/h8H,2-7H2,1H3,(H,11,12,13). The number of nitrogens with zero attached hydrogens (tertiary/aromatic N) is 2. The smallest absolute Gasteiger partial charge is 0.202 e. The maximum atomic E-state index is 5.66. The molecule has 0 saturated carbocycles. The first-order chi connectivity index (χ1) is 7.38. The Hall–Kier alpha value is -0.680. The Morgan fingerprint density at radius 2 is 2.47 bits per heavy atom. The third-order valence-corrected chi connectivity index (χ3v) is 3.19. The van der Waals surface area contributed by atoms with Crippen molar-refractivity contribution in [2.45, 2.75) is 38.7 Å². The highest BCUT2D eigenvalue weighted by molar-refractivity contribution is 7.09. The Kier molecular flexibility index (Phi) is 3.91. The number of hydrogen-bond donors (Lipinski definition) is 1. The van der Waals surface area contributed by atoms with Gasteiger partial charge in [-0.15, -0.1) is 0 Å². The van der Waals surface area contributed by atoms with Crippen LogP contribution in [-0.4, -0.2) is 28.6 Å². The van der Waals surface area contributed by atoms with E-state index >= 15 is 0 Å². The maximum absolute atomic E-state index is 5.66. The van der Waals surface area contributed by atoms with Gasteiger partial charge in [0.1, 0.15) is 5.82 Å². The SMILES string of the molecule is CCNc1nc(CC2CCCCO2)ns1. The molecule has 1 unspecified atom stereocenters. The summed E-state index contributed by atoms with van der Waals surface area (Å²) in [5, 5.41) is 4.09. The van der Waals surface area contributed by atoms with E-state index in [1.165, 1.54) is 24.4 Å². The summed E-state index contributed by atoms with van der Waals surface area (Å²) in [5.74, 6) is 0.919. The molecule has 0 bridgehead atoms. The fourth-order valence-corrected chi connectivity index (χ4v) is 2.39. The fraction of sp³-hybridized carbons (Fsp3) is 0.800. The number of anilines is 1. The topological polar surface area (TPSA) is 47.0 Å². The third-order valence-electron chi connectivity index (χ3n) is 2.48. The minimum atomic E-state index is 0.336. The largest absolute Gasteiger partial charge is 0.378 e. The first-order valence-corrected chi connectivity index (χ1v) is 6.34. The van der Waals surface area contributed by atoms with E-state index in [0.717, 1.165) is 36.9 Å². The van der Waals surface area contributed by atoms with Crippen molar-refractivity contribution in [3.8, 4) is 0 Å². The normalized spacial score (nSPS) is 21.5. The summed E-state index contributed by atoms with van der Waals surface area (Å²) >= 11 is 1.43. The van der Waals surface area contributed by atoms with Crippen molar-refractivity contribution >= 4 is 16.7 Å². The predicted molar refractivity (Wildman–Crippen MR) is 61.4 cm³/mol. The van der Waals surface area contributed by atoms with Crippen LogP contribution in [0.5, 0.6) is 0 Å². The van der Waals surface area contributed by atoms with Crippen LogP contribution in [0.3, 0.4) is 0 Å². The molecule has 2 heterocycles. The van der Waals surface area contributed by atoms with Crippen molar-refractivity contribution in [3.63, 3.8) is 0 Å². The zero-order valence-corrected chi connectivity index (χ0v) is 9.85. The van der Waals surface area contributed by atoms with Crippen molar-refractivity contribution in [3.05, 3.63) is 5.82 Å². The second-order valence-electron chi connectivity index (χ2n) is 3.74. The Morgan fingerprint density at radius 3 is 3.20 bits per heavy atom. The van der Waals surface area contributed by atoms with Gasteiger partial charge in [-0.3, -0.25) is 0 Å². The molecule has 2 rings (SSSR count). The second kappa shape index (κ2) is 5.42. The molecule has 0 aromatic carbocycles. The van der Waals surface area contributed by atoms with E-state index in [0.29, 0.717) is 6.10 Å². The van der Waals surface area contributed by atoms with Gasteiger partial charge in [0.25, 0.3) is 0 Å². The lowest BCUT2D eigenvalue weighted by Gasteiger charge is -2.21. The molecule has 0 radical (unpaired) electrons. The number of hydrogen-bond acceptors (Lipinski definition) is 5. The third kappa shape index (κ3) is 3.14. The van der Waals surface area contributed by atoms with Gasteiger partial charge in [0, 0.05) is 31.1 Å². The molecule has 1 saturated heterocycles. The molecule has 1 aliphatic rings. The van der Waals surface area contributed by atoms with E-state index < -0.39 is 0 Å². The average Bonchev–Trinajstić information content (AvgIpc) is 2.68. The Labute approximate surface area is 94.2 Å². The van der Waals surface area contributed by atoms with E-state index in [9.17, 15) is 0 Å². The van der Waals surface area contributed by atoms with Gasteiger partial charge in [0.15, 0.2) is 0 Å². The molecule has 0 spiro atoms. The van der Waals surface area contributed by atoms with Crippen LogP contribution < -0.4 is 5.32 Å². The lowest BCUT2D eigenvalue weighted by Crippen LogP contribution is -2.21. The molecule has 84 valence electrons. The van der Waals surface area contributed by atoms with Gasteiger partial charge in [-0.1, -0.05) is 0 Å². The highest BCUT2D eigenvalue weighted by Gasteiger charge is 2.16. The zero-order valence-electron chi connectivity index (χ0n) is 9.03. The van der Waals surface area contributed by atoms with Crippen molar-refractivity contribution in [1.29, 1.82) is 0 Å². The summed E-state index contributed by atoms with van der Waals surface area (Å²) in [5.41, 5.74) is 0. The van der Waals surface area contributed by atoms with Gasteiger partial charge < -0.3 is 10.1 Å². The lowest BCUT2D eigenvalue weighted by molar-refractivity contribution is 0.0158. The summed E-state index contributed by atoms with van der Waals surface area (Å²) < 4.78 is 9.97. The van der Waals surface area contributed by atoms with Gasteiger partial charge in [0.05, 0.1) is 6.10 Å². The molecule has 1 aromatic heterocycles. The van der Waals surface area contributed by atoms with Crippen LogP contribution in [-0.2, 0) is 11.2 Å². The van der Waals surface area contributed by atoms with Crippen molar-refractivity contribution < 1.29 is 4.74 Å². The average molecular weight is 227 g/mol. The van der Waals surface area contributed by atoms with Crippen molar-refractivity contribution in [2.24, 2.45) is 0 Å². The molecule has 5 heteroatoms. The first-order valence-electron chi connectivity index (χ1n) is 5.56. The van der Waals surface area contributed by atoms with Crippen molar-refractivity contribution in [2.75, 3.05) is 18.5 Å². The van der Waals surface area contributed by atoms with Gasteiger partial charge in [-0.2, -0.15) is 4.37 Å². The summed E-state index contributed by atoms with van der Waals surface area (Å²) in [6, 6.07) is 0. The van der Waals surface area contributed by atoms with Gasteiger partial charge in [-0.05, 0) is 26.2 Å². The van der Waals surface area contributed by atoms with Crippen LogP contribution in [0.4, 0.5) is 5.13 Å². The number of nitrogens with one attached hydrogen (secondary N) is 1. The van der Waals surface area contributed by atoms with Gasteiger partial charge >= 0.3 is 0 Å². The molecule has 15 heavy (non-hydrogen) atoms. The minimum Gasteiger partial charge on any atom is -0.378 e. The van der Waals surface area contributed by atoms with E-state index in [1.54, 1.807) is 0 Å². The van der Waals surface area contributed by atoms with E-state index in [-0.39, 0.29) is 0 Å². The highest BCUT2D eigenvalue weighted by atomic mass is 32.1. The summed E-state index contributed by atoms with van der Waals surface area (Å²) in [6.45, 7) is 3.86. The molecule has 1 aliphatic heterocycles. The molecule has 1 aromatic rings. The quantitative estimate of drug-likeness (QED) is 0.855. The lowest BCUT2D eigenvalue weighted by atomic mass is 10.1. The summed E-state index contributed by atoms with van der Waals surface area (Å²) in [7, 11) is 0. The van der Waals surface area contributed by atoms with Crippen LogP contribution in [0.25, 0.3) is 0 Å². The molecule has 0 amide bonds. The molecule has 0 aliphatic carbocycles. The Bertz CT molecular complexity index is 297. The number of aromatic nitrogens is 2. The van der Waals surface area contributed by atoms with E-state index in [1.807, 2.05) is 0 Å². The minimum absolute atomic E-state index is 0.336. The highest BCUT2D eigenvalue weighted by Crippen LogP contribution is 2.18. The second-order valence-corrected chi connectivity index (χ2v) is 4.49. The monoisotopic (exact) mass is 227 g/mol. The molecule has 1 N–H and O–H groups in total. The predicted octanol–water partition coefficient (Wildman–Crippen LogP) is 2.08. The number of ether oxygens (including phenoxy) is 1. The maximum Gasteiger partial charge on any atom is 0.202 e. The zero-order chi connectivity index (χ0) is 10.5. The van der Waals surface area contributed by atoms with Crippen LogP contribution in [0.2, 0.25) is 0 Å². The fourth-order valence-electron chi connectivity index (χ4n) is 1.73. The van der Waals surface area contributed by atoms with Gasteiger partial charge in [-0.25, -0.2) is 4.98 Å². The summed E-state index contributed by atoms with van der Waals surface area (Å²) in [4.78, 5) is 4.41. The van der Waals surface area contributed by atoms with Crippen LogP contribution >= 0.6 is 11.5 Å². The van der Waals surface area contributed by atoms with Crippen molar-refractivity contribution in [1.82, 2.24) is 9.36 Å². The Balaban J connectivity index is 1.86. The van der Waals surface area contributed by atoms with Crippen LogP contribution in [0, 0.1) is 0 Å². The molecule has 1 fully saturated rings. The van der Waals surface area contributed by atoms with Gasteiger partial charge in [0.2, 0.25) is 5.13 Å². The Morgan fingerprint density at radius 1 is 1.53 bits per heavy atom. The molecular formula is C10H17N3OS. The summed E-state index contributed by atoms with van der Waals surface area (Å²) in [6.07, 6.45) is 4.82. The van der Waals surface area contributed by atoms with E-state index in [4.69, 9.17) is 4.74 Å². The molecular weight excluding hydrogens is 210 g/mol. The molecule has 4 nitrogen and oxygen atoms in total. The van der Waals surface area contributed by atoms with Crippen LogP contribution in [0.15, 0.2) is 0 Å². The number of rotatable bonds is 4.